The number of likely N-dealkylation sites (N-methyl/N-ethyl adjacent to an activating group) is 1. The molecular formula is C12H21NO5. The second-order valence-electron chi connectivity index (χ2n) is 4.77. The van der Waals surface area contributed by atoms with Crippen LogP contribution in [0.2, 0.25) is 0 Å². The number of rotatable bonds is 3. The summed E-state index contributed by atoms with van der Waals surface area (Å²) in [4.78, 5) is 24.2. The quantitative estimate of drug-likeness (QED) is 0.689. The number of carbonyl (C=O) groups is 2. The first-order chi connectivity index (χ1) is 8.31. The molecule has 18 heavy (non-hydrogen) atoms. The summed E-state index contributed by atoms with van der Waals surface area (Å²) in [5.41, 5.74) is 0. The summed E-state index contributed by atoms with van der Waals surface area (Å²) >= 11 is 0. The van der Waals surface area contributed by atoms with Crippen molar-refractivity contribution >= 4 is 11.9 Å². The third-order valence-electron chi connectivity index (χ3n) is 2.83. The molecule has 4 unspecified atom stereocenters. The largest absolute Gasteiger partial charge is 0.454 e. The lowest BCUT2D eigenvalue weighted by atomic mass is 9.99. The van der Waals surface area contributed by atoms with Gasteiger partial charge in [0, 0.05) is 13.8 Å². The van der Waals surface area contributed by atoms with Crippen LogP contribution in [-0.2, 0) is 23.8 Å². The number of nitrogens with zero attached hydrogens (tertiary/aromatic N) is 1. The summed E-state index contributed by atoms with van der Waals surface area (Å²) in [7, 11) is 3.79. The van der Waals surface area contributed by atoms with Gasteiger partial charge < -0.3 is 19.1 Å². The van der Waals surface area contributed by atoms with Crippen molar-refractivity contribution in [2.45, 2.75) is 51.7 Å². The fourth-order valence-corrected chi connectivity index (χ4v) is 2.11. The van der Waals surface area contributed by atoms with Crippen LogP contribution in [0.1, 0.15) is 27.2 Å². The van der Waals surface area contributed by atoms with Crippen molar-refractivity contribution in [3.05, 3.63) is 0 Å². The van der Waals surface area contributed by atoms with Crippen LogP contribution in [0.4, 0.5) is 0 Å². The van der Waals surface area contributed by atoms with E-state index in [0.29, 0.717) is 6.42 Å². The minimum atomic E-state index is -0.845. The smallest absolute Gasteiger partial charge is 0.305 e. The summed E-state index contributed by atoms with van der Waals surface area (Å²) in [6, 6.07) is -0.0398. The molecule has 1 rings (SSSR count). The topological polar surface area (TPSA) is 65.1 Å². The van der Waals surface area contributed by atoms with Gasteiger partial charge in [-0.15, -0.1) is 0 Å². The van der Waals surface area contributed by atoms with E-state index < -0.39 is 24.3 Å². The number of carbonyl (C=O) groups excluding carboxylic acids is 2. The van der Waals surface area contributed by atoms with E-state index in [-0.39, 0.29) is 12.1 Å². The summed E-state index contributed by atoms with van der Waals surface area (Å²) in [5, 5.41) is 0. The highest BCUT2D eigenvalue weighted by Gasteiger charge is 2.42. The van der Waals surface area contributed by atoms with E-state index in [0.717, 1.165) is 0 Å². The summed E-state index contributed by atoms with van der Waals surface area (Å²) < 4.78 is 15.9. The average molecular weight is 259 g/mol. The molecule has 6 heteroatoms. The number of ether oxygens (including phenoxy) is 3. The Morgan fingerprint density at radius 2 is 1.72 bits per heavy atom. The maximum Gasteiger partial charge on any atom is 0.305 e. The summed E-state index contributed by atoms with van der Waals surface area (Å²) in [6.07, 6.45) is -0.795. The Morgan fingerprint density at radius 1 is 1.17 bits per heavy atom. The van der Waals surface area contributed by atoms with Gasteiger partial charge in [0.15, 0.2) is 6.10 Å². The van der Waals surface area contributed by atoms with Crippen molar-refractivity contribution in [2.24, 2.45) is 0 Å². The van der Waals surface area contributed by atoms with Crippen molar-refractivity contribution in [3.8, 4) is 0 Å². The normalized spacial score (nSPS) is 32.1. The molecule has 0 aromatic rings. The predicted molar refractivity (Wildman–Crippen MR) is 63.7 cm³/mol. The SMILES string of the molecule is CC(=O)OC1OC(C)CC(N(C)C)C1OC(C)=O. The molecule has 1 fully saturated rings. The Morgan fingerprint density at radius 3 is 2.17 bits per heavy atom. The van der Waals surface area contributed by atoms with E-state index in [2.05, 4.69) is 0 Å². The maximum atomic E-state index is 11.2. The standard InChI is InChI=1S/C12H21NO5/c1-7-6-10(13(4)5)11(17-8(2)14)12(16-7)18-9(3)15/h7,10-12H,6H2,1-5H3. The zero-order valence-electron chi connectivity index (χ0n) is 11.5. The average Bonchev–Trinajstić information content (AvgIpc) is 2.19. The Labute approximate surface area is 107 Å². The van der Waals surface area contributed by atoms with Crippen LogP contribution in [0, 0.1) is 0 Å². The molecule has 104 valence electrons. The second-order valence-corrected chi connectivity index (χ2v) is 4.77. The van der Waals surface area contributed by atoms with Crippen LogP contribution in [0.25, 0.3) is 0 Å². The molecule has 1 aliphatic heterocycles. The van der Waals surface area contributed by atoms with Crippen molar-refractivity contribution in [3.63, 3.8) is 0 Å². The lowest BCUT2D eigenvalue weighted by Gasteiger charge is -2.41. The summed E-state index contributed by atoms with van der Waals surface area (Å²) in [5.74, 6) is -0.870. The van der Waals surface area contributed by atoms with E-state index in [9.17, 15) is 9.59 Å². The predicted octanol–water partition coefficient (Wildman–Crippen LogP) is 0.546. The van der Waals surface area contributed by atoms with E-state index in [1.807, 2.05) is 25.9 Å². The molecule has 0 aromatic carbocycles. The molecule has 0 aromatic heterocycles. The van der Waals surface area contributed by atoms with Gasteiger partial charge in [-0.2, -0.15) is 0 Å². The highest BCUT2D eigenvalue weighted by molar-refractivity contribution is 5.67. The Hall–Kier alpha value is -1.14. The van der Waals surface area contributed by atoms with Gasteiger partial charge in [0.25, 0.3) is 0 Å². The fraction of sp³-hybridized carbons (Fsp3) is 0.833. The van der Waals surface area contributed by atoms with Crippen LogP contribution in [0.15, 0.2) is 0 Å². The van der Waals surface area contributed by atoms with Crippen LogP contribution < -0.4 is 0 Å². The van der Waals surface area contributed by atoms with Crippen molar-refractivity contribution < 1.29 is 23.8 Å². The highest BCUT2D eigenvalue weighted by atomic mass is 16.7. The van der Waals surface area contributed by atoms with Gasteiger partial charge in [0.1, 0.15) is 0 Å². The van der Waals surface area contributed by atoms with Gasteiger partial charge in [-0.1, -0.05) is 0 Å². The van der Waals surface area contributed by atoms with Gasteiger partial charge in [0.2, 0.25) is 6.29 Å². The van der Waals surface area contributed by atoms with Crippen LogP contribution >= 0.6 is 0 Å². The molecule has 6 nitrogen and oxygen atoms in total. The monoisotopic (exact) mass is 259 g/mol. The first kappa shape index (κ1) is 14.9. The van der Waals surface area contributed by atoms with Gasteiger partial charge in [-0.05, 0) is 27.4 Å². The highest BCUT2D eigenvalue weighted by Crippen LogP contribution is 2.26. The van der Waals surface area contributed by atoms with Crippen LogP contribution in [0.3, 0.4) is 0 Å². The molecular weight excluding hydrogens is 238 g/mol. The minimum absolute atomic E-state index is 0.0398. The first-order valence-electron chi connectivity index (χ1n) is 5.97. The van der Waals surface area contributed by atoms with Gasteiger partial charge in [0.05, 0.1) is 12.1 Å². The molecule has 0 radical (unpaired) electrons. The third-order valence-corrected chi connectivity index (χ3v) is 2.83. The molecule has 0 bridgehead atoms. The summed E-state index contributed by atoms with van der Waals surface area (Å²) in [6.45, 7) is 4.53. The van der Waals surface area contributed by atoms with Crippen LogP contribution in [0.5, 0.6) is 0 Å². The first-order valence-corrected chi connectivity index (χ1v) is 5.97. The lowest BCUT2D eigenvalue weighted by molar-refractivity contribution is -0.251. The molecule has 0 saturated carbocycles. The van der Waals surface area contributed by atoms with Crippen LogP contribution in [-0.4, -0.2) is 55.5 Å². The van der Waals surface area contributed by atoms with Crippen molar-refractivity contribution in [2.75, 3.05) is 14.1 Å². The molecule has 1 aliphatic rings. The zero-order chi connectivity index (χ0) is 13.9. The van der Waals surface area contributed by atoms with E-state index in [1.54, 1.807) is 0 Å². The second kappa shape index (κ2) is 6.15. The Kier molecular flexibility index (Phi) is 5.10. The molecule has 1 saturated heterocycles. The molecule has 0 N–H and O–H groups in total. The van der Waals surface area contributed by atoms with Gasteiger partial charge >= 0.3 is 11.9 Å². The maximum absolute atomic E-state index is 11.2. The van der Waals surface area contributed by atoms with Gasteiger partial charge in [-0.3, -0.25) is 9.59 Å². The zero-order valence-corrected chi connectivity index (χ0v) is 11.5. The van der Waals surface area contributed by atoms with E-state index >= 15 is 0 Å². The van der Waals surface area contributed by atoms with Gasteiger partial charge in [-0.25, -0.2) is 0 Å². The van der Waals surface area contributed by atoms with E-state index in [4.69, 9.17) is 14.2 Å². The van der Waals surface area contributed by atoms with Crippen molar-refractivity contribution in [1.82, 2.24) is 4.90 Å². The van der Waals surface area contributed by atoms with Crippen molar-refractivity contribution in [1.29, 1.82) is 0 Å². The number of hydrogen-bond donors (Lipinski definition) is 0. The Bertz CT molecular complexity index is 318. The molecule has 4 atom stereocenters. The molecule has 1 heterocycles. The number of hydrogen-bond acceptors (Lipinski definition) is 6. The lowest BCUT2D eigenvalue weighted by Crippen LogP contribution is -2.56. The van der Waals surface area contributed by atoms with E-state index in [1.165, 1.54) is 13.8 Å². The third kappa shape index (κ3) is 3.96. The Balaban J connectivity index is 2.87. The molecule has 0 aliphatic carbocycles. The molecule has 0 amide bonds. The molecule has 0 spiro atoms. The minimum Gasteiger partial charge on any atom is -0.454 e. The number of esters is 2. The fourth-order valence-electron chi connectivity index (χ4n) is 2.11.